The van der Waals surface area contributed by atoms with E-state index in [0.29, 0.717) is 6.42 Å². The van der Waals surface area contributed by atoms with E-state index < -0.39 is 29.4 Å². The van der Waals surface area contributed by atoms with Gasteiger partial charge in [-0.3, -0.25) is 9.59 Å². The van der Waals surface area contributed by atoms with E-state index in [1.165, 1.54) is 24.9 Å². The monoisotopic (exact) mass is 285 g/mol. The Morgan fingerprint density at radius 2 is 1.85 bits per heavy atom. The van der Waals surface area contributed by atoms with Gasteiger partial charge >= 0.3 is 5.97 Å². The summed E-state index contributed by atoms with van der Waals surface area (Å²) in [6.45, 7) is 1.66. The number of carboxylic acid groups (broad SMARTS) is 1. The Morgan fingerprint density at radius 3 is 2.35 bits per heavy atom. The van der Waals surface area contributed by atoms with Crippen molar-refractivity contribution in [1.29, 1.82) is 0 Å². The van der Waals surface area contributed by atoms with E-state index >= 15 is 0 Å². The molecule has 1 N–H and O–H groups in total. The van der Waals surface area contributed by atoms with Crippen molar-refractivity contribution in [3.8, 4) is 0 Å². The molecule has 0 bridgehead atoms. The molecule has 1 atom stereocenters. The highest BCUT2D eigenvalue weighted by Gasteiger charge is 2.24. The summed E-state index contributed by atoms with van der Waals surface area (Å²) < 4.78 is 27.2. The molecule has 0 radical (unpaired) electrons. The van der Waals surface area contributed by atoms with Crippen molar-refractivity contribution in [3.05, 3.63) is 35.4 Å². The summed E-state index contributed by atoms with van der Waals surface area (Å²) in [5, 5.41) is 8.52. The van der Waals surface area contributed by atoms with Crippen LogP contribution in [0.15, 0.2) is 18.2 Å². The van der Waals surface area contributed by atoms with Crippen LogP contribution >= 0.6 is 0 Å². The smallest absolute Gasteiger partial charge is 0.303 e. The summed E-state index contributed by atoms with van der Waals surface area (Å²) in [4.78, 5) is 23.8. The van der Waals surface area contributed by atoms with E-state index in [1.54, 1.807) is 0 Å². The Kier molecular flexibility index (Phi) is 5.61. The van der Waals surface area contributed by atoms with Gasteiger partial charge in [-0.2, -0.15) is 0 Å². The van der Waals surface area contributed by atoms with Gasteiger partial charge in [0.25, 0.3) is 0 Å². The fraction of sp³-hybridized carbons (Fsp3) is 0.429. The van der Waals surface area contributed by atoms with Crippen LogP contribution in [0, 0.1) is 11.6 Å². The molecule has 0 saturated carbocycles. The highest BCUT2D eigenvalue weighted by atomic mass is 19.1. The number of carbonyl (C=O) groups excluding carboxylic acids is 1. The van der Waals surface area contributed by atoms with Crippen LogP contribution in [0.5, 0.6) is 0 Å². The molecule has 0 saturated heterocycles. The maximum Gasteiger partial charge on any atom is 0.303 e. The quantitative estimate of drug-likeness (QED) is 0.873. The molecule has 1 amide bonds. The van der Waals surface area contributed by atoms with Crippen LogP contribution in [0.2, 0.25) is 0 Å². The minimum atomic E-state index is -0.953. The van der Waals surface area contributed by atoms with Gasteiger partial charge in [0.1, 0.15) is 11.6 Å². The van der Waals surface area contributed by atoms with Gasteiger partial charge < -0.3 is 10.0 Å². The van der Waals surface area contributed by atoms with Gasteiger partial charge in [-0.05, 0) is 25.5 Å². The van der Waals surface area contributed by atoms with E-state index in [0.717, 1.165) is 12.1 Å². The number of hydrogen-bond donors (Lipinski definition) is 1. The third-order valence-electron chi connectivity index (χ3n) is 3.06. The standard InChI is InChI=1S/C14H17F2NO3/c1-9(13-10(15)5-3-6-11(13)16)14(20)17(2)8-4-7-12(18)19/h3,5-6,9H,4,7-8H2,1-2H3,(H,18,19). The number of amides is 1. The minimum absolute atomic E-state index is 0.0555. The first-order valence-electron chi connectivity index (χ1n) is 6.25. The zero-order valence-corrected chi connectivity index (χ0v) is 11.4. The number of carbonyl (C=O) groups is 2. The van der Waals surface area contributed by atoms with Crippen molar-refractivity contribution in [3.63, 3.8) is 0 Å². The maximum absolute atomic E-state index is 13.6. The number of likely N-dealkylation sites (N-methyl/N-ethyl adjacent to an activating group) is 1. The van der Waals surface area contributed by atoms with Crippen LogP contribution in [0.1, 0.15) is 31.2 Å². The van der Waals surface area contributed by atoms with Gasteiger partial charge in [-0.25, -0.2) is 8.78 Å². The minimum Gasteiger partial charge on any atom is -0.481 e. The lowest BCUT2D eigenvalue weighted by Crippen LogP contribution is -2.32. The SMILES string of the molecule is CC(C(=O)N(C)CCCC(=O)O)c1c(F)cccc1F. The summed E-state index contributed by atoms with van der Waals surface area (Å²) in [5.41, 5.74) is -0.261. The lowest BCUT2D eigenvalue weighted by Gasteiger charge is -2.22. The molecular weight excluding hydrogens is 268 g/mol. The third kappa shape index (κ3) is 4.01. The first-order valence-corrected chi connectivity index (χ1v) is 6.25. The van der Waals surface area contributed by atoms with Crippen LogP contribution in [0.25, 0.3) is 0 Å². The summed E-state index contributed by atoms with van der Waals surface area (Å²) in [6, 6.07) is 3.45. The molecule has 0 aliphatic rings. The van der Waals surface area contributed by atoms with Gasteiger partial charge in [0.2, 0.25) is 5.91 Å². The van der Waals surface area contributed by atoms with Crippen molar-refractivity contribution in [1.82, 2.24) is 4.90 Å². The maximum atomic E-state index is 13.6. The van der Waals surface area contributed by atoms with Gasteiger partial charge in [-0.15, -0.1) is 0 Å². The molecule has 0 heterocycles. The largest absolute Gasteiger partial charge is 0.481 e. The number of benzene rings is 1. The van der Waals surface area contributed by atoms with Gasteiger partial charge in [0.05, 0.1) is 5.92 Å². The van der Waals surface area contributed by atoms with E-state index in [2.05, 4.69) is 0 Å². The van der Waals surface area contributed by atoms with E-state index in [-0.39, 0.29) is 18.5 Å². The number of carboxylic acids is 1. The number of rotatable bonds is 6. The Labute approximate surface area is 116 Å². The average Bonchev–Trinajstić information content (AvgIpc) is 2.36. The predicted molar refractivity (Wildman–Crippen MR) is 69.3 cm³/mol. The zero-order valence-electron chi connectivity index (χ0n) is 11.4. The Balaban J connectivity index is 2.73. The highest BCUT2D eigenvalue weighted by Crippen LogP contribution is 2.23. The number of hydrogen-bond acceptors (Lipinski definition) is 2. The van der Waals surface area contributed by atoms with Gasteiger partial charge in [0.15, 0.2) is 0 Å². The Hall–Kier alpha value is -1.98. The molecule has 0 spiro atoms. The van der Waals surface area contributed by atoms with Crippen molar-refractivity contribution in [2.24, 2.45) is 0 Å². The Bertz CT molecular complexity index is 485. The second-order valence-electron chi connectivity index (χ2n) is 4.61. The van der Waals surface area contributed by atoms with Crippen molar-refractivity contribution < 1.29 is 23.5 Å². The lowest BCUT2D eigenvalue weighted by molar-refractivity contribution is -0.138. The second kappa shape index (κ2) is 6.98. The molecule has 0 aromatic heterocycles. The van der Waals surface area contributed by atoms with Crippen molar-refractivity contribution in [2.45, 2.75) is 25.7 Å². The topological polar surface area (TPSA) is 57.6 Å². The molecule has 0 aliphatic heterocycles. The molecule has 0 fully saturated rings. The van der Waals surface area contributed by atoms with Crippen LogP contribution in [-0.4, -0.2) is 35.5 Å². The Morgan fingerprint density at radius 1 is 1.30 bits per heavy atom. The summed E-state index contributed by atoms with van der Waals surface area (Å²) in [5.74, 6) is -3.86. The number of nitrogens with zero attached hydrogens (tertiary/aromatic N) is 1. The van der Waals surface area contributed by atoms with E-state index in [9.17, 15) is 18.4 Å². The summed E-state index contributed by atoms with van der Waals surface area (Å²) >= 11 is 0. The lowest BCUT2D eigenvalue weighted by atomic mass is 9.98. The van der Waals surface area contributed by atoms with Crippen LogP contribution < -0.4 is 0 Å². The molecule has 110 valence electrons. The van der Waals surface area contributed by atoms with Crippen molar-refractivity contribution in [2.75, 3.05) is 13.6 Å². The first-order chi connectivity index (χ1) is 9.34. The molecule has 0 aliphatic carbocycles. The summed E-state index contributed by atoms with van der Waals surface area (Å²) in [6.07, 6.45) is 0.240. The molecule has 1 aromatic carbocycles. The second-order valence-corrected chi connectivity index (χ2v) is 4.61. The zero-order chi connectivity index (χ0) is 15.3. The molecule has 20 heavy (non-hydrogen) atoms. The molecule has 1 aromatic rings. The fourth-order valence-corrected chi connectivity index (χ4v) is 1.96. The van der Waals surface area contributed by atoms with Crippen LogP contribution in [0.3, 0.4) is 0 Å². The van der Waals surface area contributed by atoms with Gasteiger partial charge in [-0.1, -0.05) is 6.07 Å². The molecule has 1 rings (SSSR count). The fourth-order valence-electron chi connectivity index (χ4n) is 1.96. The van der Waals surface area contributed by atoms with Crippen molar-refractivity contribution >= 4 is 11.9 Å². The average molecular weight is 285 g/mol. The van der Waals surface area contributed by atoms with Crippen LogP contribution in [-0.2, 0) is 9.59 Å². The first kappa shape index (κ1) is 16.1. The number of aliphatic carboxylic acids is 1. The summed E-state index contributed by atoms with van der Waals surface area (Å²) in [7, 11) is 1.49. The molecule has 1 unspecified atom stereocenters. The third-order valence-corrected chi connectivity index (χ3v) is 3.06. The highest BCUT2D eigenvalue weighted by molar-refractivity contribution is 5.83. The number of halogens is 2. The molecule has 6 heteroatoms. The van der Waals surface area contributed by atoms with Crippen LogP contribution in [0.4, 0.5) is 8.78 Å². The molecular formula is C14H17F2NO3. The predicted octanol–water partition coefficient (Wildman–Crippen LogP) is 2.39. The van der Waals surface area contributed by atoms with E-state index in [4.69, 9.17) is 5.11 Å². The van der Waals surface area contributed by atoms with E-state index in [1.807, 2.05) is 0 Å². The molecule has 4 nitrogen and oxygen atoms in total. The normalized spacial score (nSPS) is 12.0. The van der Waals surface area contributed by atoms with Gasteiger partial charge in [0, 0.05) is 25.6 Å².